The van der Waals surface area contributed by atoms with Crippen LogP contribution in [0.15, 0.2) is 24.3 Å². The van der Waals surface area contributed by atoms with Crippen LogP contribution in [0.25, 0.3) is 0 Å². The molecule has 4 heteroatoms. The third-order valence-corrected chi connectivity index (χ3v) is 4.41. The Balaban J connectivity index is 1.78. The number of rotatable bonds is 3. The number of likely N-dealkylation sites (tertiary alicyclic amines) is 1. The first kappa shape index (κ1) is 13.4. The zero-order valence-corrected chi connectivity index (χ0v) is 11.8. The van der Waals surface area contributed by atoms with Crippen molar-refractivity contribution in [1.82, 2.24) is 4.90 Å². The van der Waals surface area contributed by atoms with Crippen molar-refractivity contribution in [2.24, 2.45) is 5.73 Å². The number of hydrogen-bond donors (Lipinski definition) is 1. The molecule has 4 nitrogen and oxygen atoms in total. The number of carbonyl (C=O) groups is 1. The highest BCUT2D eigenvalue weighted by atomic mass is 16.5. The van der Waals surface area contributed by atoms with E-state index < -0.39 is 0 Å². The number of nitrogens with zero attached hydrogens (tertiary/aromatic N) is 1. The zero-order valence-electron chi connectivity index (χ0n) is 11.8. The quantitative estimate of drug-likeness (QED) is 0.915. The van der Waals surface area contributed by atoms with Gasteiger partial charge in [0.2, 0.25) is 5.91 Å². The van der Waals surface area contributed by atoms with Gasteiger partial charge in [-0.2, -0.15) is 0 Å². The van der Waals surface area contributed by atoms with E-state index in [9.17, 15) is 4.79 Å². The summed E-state index contributed by atoms with van der Waals surface area (Å²) in [5, 5.41) is 0. The van der Waals surface area contributed by atoms with Gasteiger partial charge in [0.15, 0.2) is 0 Å². The summed E-state index contributed by atoms with van der Waals surface area (Å²) in [6, 6.07) is 8.18. The monoisotopic (exact) mass is 274 g/mol. The predicted molar refractivity (Wildman–Crippen MR) is 77.7 cm³/mol. The lowest BCUT2D eigenvalue weighted by molar-refractivity contribution is -0.136. The van der Waals surface area contributed by atoms with Gasteiger partial charge in [0.1, 0.15) is 18.3 Å². The number of hydrogen-bond acceptors (Lipinski definition) is 3. The van der Waals surface area contributed by atoms with E-state index in [4.69, 9.17) is 10.5 Å². The molecule has 1 aromatic rings. The minimum atomic E-state index is -0.135. The minimum Gasteiger partial charge on any atom is -0.492 e. The van der Waals surface area contributed by atoms with E-state index >= 15 is 0 Å². The van der Waals surface area contributed by atoms with Gasteiger partial charge in [0.25, 0.3) is 0 Å². The molecule has 1 fully saturated rings. The molecule has 2 N–H and O–H groups in total. The average Bonchev–Trinajstić information content (AvgIpc) is 2.91. The van der Waals surface area contributed by atoms with E-state index in [1.807, 2.05) is 29.2 Å². The highest BCUT2D eigenvalue weighted by Gasteiger charge is 2.36. The van der Waals surface area contributed by atoms with Gasteiger partial charge in [-0.05, 0) is 38.3 Å². The lowest BCUT2D eigenvalue weighted by Crippen LogP contribution is -2.46. The van der Waals surface area contributed by atoms with Gasteiger partial charge in [-0.1, -0.05) is 18.2 Å². The number of ether oxygens (including phenoxy) is 1. The van der Waals surface area contributed by atoms with Crippen molar-refractivity contribution in [2.75, 3.05) is 19.7 Å². The molecule has 2 heterocycles. The molecule has 108 valence electrons. The maximum Gasteiger partial charge on any atom is 0.233 e. The summed E-state index contributed by atoms with van der Waals surface area (Å²) in [5.41, 5.74) is 6.73. The molecule has 2 aliphatic heterocycles. The first-order valence-corrected chi connectivity index (χ1v) is 7.53. The molecule has 0 spiro atoms. The lowest BCUT2D eigenvalue weighted by Gasteiger charge is -2.37. The fourth-order valence-electron chi connectivity index (χ4n) is 3.35. The highest BCUT2D eigenvalue weighted by Crippen LogP contribution is 2.36. The van der Waals surface area contributed by atoms with Gasteiger partial charge in [-0.15, -0.1) is 0 Å². The Bertz CT molecular complexity index is 487. The van der Waals surface area contributed by atoms with Crippen LogP contribution >= 0.6 is 0 Å². The van der Waals surface area contributed by atoms with Crippen molar-refractivity contribution in [3.05, 3.63) is 29.8 Å². The first-order valence-electron chi connectivity index (χ1n) is 7.53. The van der Waals surface area contributed by atoms with Gasteiger partial charge in [0, 0.05) is 18.2 Å². The van der Waals surface area contributed by atoms with E-state index in [1.54, 1.807) is 0 Å². The Labute approximate surface area is 119 Å². The van der Waals surface area contributed by atoms with E-state index in [2.05, 4.69) is 0 Å². The Morgan fingerprint density at radius 2 is 2.20 bits per heavy atom. The maximum atomic E-state index is 12.9. The van der Waals surface area contributed by atoms with Gasteiger partial charge < -0.3 is 15.4 Å². The molecule has 1 amide bonds. The van der Waals surface area contributed by atoms with Crippen LogP contribution in [-0.2, 0) is 4.79 Å². The van der Waals surface area contributed by atoms with Crippen LogP contribution < -0.4 is 10.5 Å². The largest absolute Gasteiger partial charge is 0.492 e. The molecule has 0 aliphatic carbocycles. The van der Waals surface area contributed by atoms with Crippen molar-refractivity contribution < 1.29 is 9.53 Å². The van der Waals surface area contributed by atoms with E-state index in [-0.39, 0.29) is 11.8 Å². The second kappa shape index (κ2) is 5.83. The normalized spacial score (nSPS) is 25.1. The van der Waals surface area contributed by atoms with Gasteiger partial charge >= 0.3 is 0 Å². The van der Waals surface area contributed by atoms with Crippen LogP contribution in [0, 0.1) is 0 Å². The fourth-order valence-corrected chi connectivity index (χ4v) is 3.35. The minimum absolute atomic E-state index is 0.135. The standard InChI is InChI=1S/C16H22N2O2/c17-9-8-12-5-3-4-10-18(12)16(19)14-11-20-15-7-2-1-6-13(14)15/h1-2,6-7,12,14H,3-5,8-11,17H2. The van der Waals surface area contributed by atoms with Gasteiger partial charge in [-0.25, -0.2) is 0 Å². The van der Waals surface area contributed by atoms with Crippen LogP contribution in [0.4, 0.5) is 0 Å². The molecule has 2 atom stereocenters. The molecular weight excluding hydrogens is 252 g/mol. The Morgan fingerprint density at radius 3 is 3.05 bits per heavy atom. The van der Waals surface area contributed by atoms with E-state index in [1.165, 1.54) is 6.42 Å². The number of benzene rings is 1. The molecule has 20 heavy (non-hydrogen) atoms. The van der Waals surface area contributed by atoms with Gasteiger partial charge in [0.05, 0.1) is 0 Å². The first-order chi connectivity index (χ1) is 9.81. The topological polar surface area (TPSA) is 55.6 Å². The van der Waals surface area contributed by atoms with Crippen molar-refractivity contribution >= 4 is 5.91 Å². The number of piperidine rings is 1. The highest BCUT2D eigenvalue weighted by molar-refractivity contribution is 5.86. The van der Waals surface area contributed by atoms with Crippen molar-refractivity contribution in [2.45, 2.75) is 37.6 Å². The summed E-state index contributed by atoms with van der Waals surface area (Å²) in [5.74, 6) is 0.941. The van der Waals surface area contributed by atoms with E-state index in [0.717, 1.165) is 37.1 Å². The maximum absolute atomic E-state index is 12.9. The molecule has 1 aromatic carbocycles. The molecule has 0 bridgehead atoms. The Morgan fingerprint density at radius 1 is 1.35 bits per heavy atom. The number of nitrogens with two attached hydrogens (primary N) is 1. The molecular formula is C16H22N2O2. The summed E-state index contributed by atoms with van der Waals surface area (Å²) in [6.45, 7) is 1.98. The van der Waals surface area contributed by atoms with Crippen molar-refractivity contribution in [3.8, 4) is 5.75 Å². The molecule has 0 radical (unpaired) electrons. The zero-order chi connectivity index (χ0) is 13.9. The number of para-hydroxylation sites is 1. The SMILES string of the molecule is NCCC1CCCCN1C(=O)C1COc2ccccc21. The van der Waals surface area contributed by atoms with Crippen LogP contribution in [-0.4, -0.2) is 36.5 Å². The Kier molecular flexibility index (Phi) is 3.92. The molecule has 2 aliphatic rings. The fraction of sp³-hybridized carbons (Fsp3) is 0.562. The summed E-state index contributed by atoms with van der Waals surface area (Å²) in [6.07, 6.45) is 4.29. The summed E-state index contributed by atoms with van der Waals surface area (Å²) in [4.78, 5) is 14.9. The number of fused-ring (bicyclic) bond motifs is 1. The third-order valence-electron chi connectivity index (χ3n) is 4.41. The average molecular weight is 274 g/mol. The third kappa shape index (κ3) is 2.40. The van der Waals surface area contributed by atoms with Crippen LogP contribution in [0.1, 0.15) is 37.2 Å². The molecule has 1 saturated heterocycles. The Hall–Kier alpha value is -1.55. The smallest absolute Gasteiger partial charge is 0.233 e. The molecule has 2 unspecified atom stereocenters. The molecule has 0 saturated carbocycles. The van der Waals surface area contributed by atoms with Crippen LogP contribution in [0.5, 0.6) is 5.75 Å². The molecule has 3 rings (SSSR count). The molecule has 0 aromatic heterocycles. The van der Waals surface area contributed by atoms with Crippen molar-refractivity contribution in [1.29, 1.82) is 0 Å². The van der Waals surface area contributed by atoms with Gasteiger partial charge in [-0.3, -0.25) is 4.79 Å². The second-order valence-corrected chi connectivity index (χ2v) is 5.66. The second-order valence-electron chi connectivity index (χ2n) is 5.66. The summed E-state index contributed by atoms with van der Waals surface area (Å²) >= 11 is 0. The summed E-state index contributed by atoms with van der Waals surface area (Å²) < 4.78 is 5.65. The van der Waals surface area contributed by atoms with Crippen LogP contribution in [0.2, 0.25) is 0 Å². The number of amides is 1. The van der Waals surface area contributed by atoms with Crippen molar-refractivity contribution in [3.63, 3.8) is 0 Å². The predicted octanol–water partition coefficient (Wildman–Crippen LogP) is 1.89. The summed E-state index contributed by atoms with van der Waals surface area (Å²) in [7, 11) is 0. The lowest BCUT2D eigenvalue weighted by atomic mass is 9.94. The van der Waals surface area contributed by atoms with E-state index in [0.29, 0.717) is 19.2 Å². The number of carbonyl (C=O) groups excluding carboxylic acids is 1. The van der Waals surface area contributed by atoms with Crippen LogP contribution in [0.3, 0.4) is 0 Å².